The quantitative estimate of drug-likeness (QED) is 0.595. The molecule has 0 bridgehead atoms. The van der Waals surface area contributed by atoms with Gasteiger partial charge in [0.15, 0.2) is 0 Å². The fourth-order valence-corrected chi connectivity index (χ4v) is 3.84. The third kappa shape index (κ3) is 3.32. The fourth-order valence-electron chi connectivity index (χ4n) is 3.60. The number of benzene rings is 2. The number of aromatic nitrogens is 1. The number of carbonyl (C=O) groups is 1. The molecular formula is C22H21ClN2O. The molecular weight excluding hydrogens is 344 g/mol. The van der Waals surface area contributed by atoms with Crippen LogP contribution in [0.25, 0.3) is 22.2 Å². The van der Waals surface area contributed by atoms with E-state index in [9.17, 15) is 4.79 Å². The van der Waals surface area contributed by atoms with Gasteiger partial charge in [0.25, 0.3) is 5.91 Å². The van der Waals surface area contributed by atoms with Crippen molar-refractivity contribution in [2.75, 3.05) is 13.1 Å². The van der Waals surface area contributed by atoms with Crippen molar-refractivity contribution in [2.24, 2.45) is 0 Å². The molecule has 1 aromatic heterocycles. The fraction of sp³-hybridized carbons (Fsp3) is 0.273. The van der Waals surface area contributed by atoms with E-state index in [0.717, 1.165) is 48.1 Å². The average Bonchev–Trinajstić information content (AvgIpc) is 2.96. The normalized spacial score (nSPS) is 15.0. The predicted octanol–water partition coefficient (Wildman–Crippen LogP) is 5.57. The molecule has 0 atom stereocenters. The number of likely N-dealkylation sites (tertiary alicyclic amines) is 1. The molecule has 0 unspecified atom stereocenters. The Kier molecular flexibility index (Phi) is 4.89. The summed E-state index contributed by atoms with van der Waals surface area (Å²) in [6, 6.07) is 17.4. The van der Waals surface area contributed by atoms with Gasteiger partial charge in [0.05, 0.1) is 16.8 Å². The van der Waals surface area contributed by atoms with Crippen molar-refractivity contribution >= 4 is 28.4 Å². The number of carbonyl (C=O) groups excluding carboxylic acids is 1. The van der Waals surface area contributed by atoms with Crippen molar-refractivity contribution in [3.63, 3.8) is 0 Å². The summed E-state index contributed by atoms with van der Waals surface area (Å²) >= 11 is 6.38. The van der Waals surface area contributed by atoms with Crippen LogP contribution >= 0.6 is 11.6 Å². The van der Waals surface area contributed by atoms with Gasteiger partial charge in [-0.25, -0.2) is 4.98 Å². The number of pyridine rings is 1. The van der Waals surface area contributed by atoms with Crippen LogP contribution in [-0.2, 0) is 0 Å². The molecule has 2 heterocycles. The number of fused-ring (bicyclic) bond motifs is 1. The second kappa shape index (κ2) is 7.46. The first-order chi connectivity index (χ1) is 12.7. The Bertz CT molecular complexity index is 946. The number of para-hydroxylation sites is 1. The van der Waals surface area contributed by atoms with Gasteiger partial charge in [-0.2, -0.15) is 0 Å². The van der Waals surface area contributed by atoms with E-state index in [-0.39, 0.29) is 5.91 Å². The number of amides is 1. The largest absolute Gasteiger partial charge is 0.339 e. The van der Waals surface area contributed by atoms with Crippen molar-refractivity contribution in [2.45, 2.75) is 25.7 Å². The number of rotatable bonds is 2. The molecule has 4 heteroatoms. The zero-order valence-corrected chi connectivity index (χ0v) is 15.4. The first kappa shape index (κ1) is 17.0. The van der Waals surface area contributed by atoms with Crippen molar-refractivity contribution in [3.8, 4) is 11.3 Å². The highest BCUT2D eigenvalue weighted by atomic mass is 35.5. The van der Waals surface area contributed by atoms with Gasteiger partial charge in [-0.3, -0.25) is 4.79 Å². The number of nitrogens with zero attached hydrogens (tertiary/aromatic N) is 2. The Balaban J connectivity index is 1.85. The minimum atomic E-state index is 0.0961. The lowest BCUT2D eigenvalue weighted by Gasteiger charge is -2.21. The summed E-state index contributed by atoms with van der Waals surface area (Å²) in [7, 11) is 0. The smallest absolute Gasteiger partial charge is 0.254 e. The lowest BCUT2D eigenvalue weighted by Crippen LogP contribution is -2.32. The molecule has 0 spiro atoms. The van der Waals surface area contributed by atoms with Crippen LogP contribution in [0.3, 0.4) is 0 Å². The van der Waals surface area contributed by atoms with Crippen molar-refractivity contribution < 1.29 is 4.79 Å². The summed E-state index contributed by atoms with van der Waals surface area (Å²) in [5.74, 6) is 0.0961. The van der Waals surface area contributed by atoms with Crippen LogP contribution in [0.5, 0.6) is 0 Å². The van der Waals surface area contributed by atoms with Gasteiger partial charge in [-0.1, -0.05) is 60.8 Å². The molecule has 0 aliphatic carbocycles. The van der Waals surface area contributed by atoms with Gasteiger partial charge < -0.3 is 4.90 Å². The van der Waals surface area contributed by atoms with Crippen LogP contribution in [0.1, 0.15) is 36.0 Å². The highest BCUT2D eigenvalue weighted by Crippen LogP contribution is 2.30. The number of hydrogen-bond acceptors (Lipinski definition) is 2. The average molecular weight is 365 g/mol. The topological polar surface area (TPSA) is 33.2 Å². The molecule has 3 aromatic rings. The summed E-state index contributed by atoms with van der Waals surface area (Å²) in [5, 5.41) is 1.54. The molecule has 1 amide bonds. The Hall–Kier alpha value is -2.39. The second-order valence-corrected chi connectivity index (χ2v) is 7.17. The highest BCUT2D eigenvalue weighted by molar-refractivity contribution is 6.33. The van der Waals surface area contributed by atoms with Crippen molar-refractivity contribution in [1.82, 2.24) is 9.88 Å². The molecule has 0 N–H and O–H groups in total. The molecule has 0 saturated carbocycles. The van der Waals surface area contributed by atoms with E-state index in [1.807, 2.05) is 59.5 Å². The molecule has 4 rings (SSSR count). The molecule has 1 saturated heterocycles. The molecule has 1 fully saturated rings. The van der Waals surface area contributed by atoms with Gasteiger partial charge in [0, 0.05) is 29.1 Å². The summed E-state index contributed by atoms with van der Waals surface area (Å²) in [4.78, 5) is 20.0. The zero-order valence-electron chi connectivity index (χ0n) is 14.6. The molecule has 132 valence electrons. The summed E-state index contributed by atoms with van der Waals surface area (Å²) in [6.07, 6.45) is 4.55. The van der Waals surface area contributed by atoms with E-state index in [2.05, 4.69) is 0 Å². The summed E-state index contributed by atoms with van der Waals surface area (Å²) in [6.45, 7) is 1.66. The lowest BCUT2D eigenvalue weighted by molar-refractivity contribution is 0.0763. The van der Waals surface area contributed by atoms with Gasteiger partial charge in [0.2, 0.25) is 0 Å². The van der Waals surface area contributed by atoms with Gasteiger partial charge in [-0.05, 0) is 31.0 Å². The van der Waals surface area contributed by atoms with Crippen LogP contribution < -0.4 is 0 Å². The summed E-state index contributed by atoms with van der Waals surface area (Å²) in [5.41, 5.74) is 3.13. The maximum Gasteiger partial charge on any atom is 0.254 e. The monoisotopic (exact) mass is 364 g/mol. The van der Waals surface area contributed by atoms with Gasteiger partial charge >= 0.3 is 0 Å². The van der Waals surface area contributed by atoms with Crippen LogP contribution in [0, 0.1) is 0 Å². The van der Waals surface area contributed by atoms with Crippen LogP contribution in [0.2, 0.25) is 5.02 Å². The summed E-state index contributed by atoms with van der Waals surface area (Å²) < 4.78 is 0. The van der Waals surface area contributed by atoms with E-state index in [4.69, 9.17) is 16.6 Å². The van der Waals surface area contributed by atoms with Gasteiger partial charge in [0.1, 0.15) is 0 Å². The first-order valence-electron chi connectivity index (χ1n) is 9.18. The molecule has 2 aromatic carbocycles. The van der Waals surface area contributed by atoms with Crippen LogP contribution in [0.4, 0.5) is 0 Å². The molecule has 1 aliphatic heterocycles. The van der Waals surface area contributed by atoms with Crippen LogP contribution in [-0.4, -0.2) is 28.9 Å². The Morgan fingerprint density at radius 2 is 1.62 bits per heavy atom. The van der Waals surface area contributed by atoms with Crippen LogP contribution in [0.15, 0.2) is 54.6 Å². The maximum absolute atomic E-state index is 13.3. The standard InChI is InChI=1S/C22H21ClN2O/c23-19-11-5-3-10-17(19)21-15-18(16-9-4-6-12-20(16)24-21)22(26)25-13-7-1-2-8-14-25/h3-6,9-12,15H,1-2,7-8,13-14H2. The Labute approximate surface area is 158 Å². The third-order valence-corrected chi connectivity index (χ3v) is 5.32. The Morgan fingerprint density at radius 1 is 0.923 bits per heavy atom. The minimum Gasteiger partial charge on any atom is -0.339 e. The van der Waals surface area contributed by atoms with E-state index in [1.54, 1.807) is 0 Å². The third-order valence-electron chi connectivity index (χ3n) is 4.99. The molecule has 1 aliphatic rings. The first-order valence-corrected chi connectivity index (χ1v) is 9.56. The van der Waals surface area contributed by atoms with Gasteiger partial charge in [-0.15, -0.1) is 0 Å². The van der Waals surface area contributed by atoms with E-state index >= 15 is 0 Å². The predicted molar refractivity (Wildman–Crippen MR) is 107 cm³/mol. The maximum atomic E-state index is 13.3. The molecule has 3 nitrogen and oxygen atoms in total. The number of hydrogen-bond donors (Lipinski definition) is 0. The lowest BCUT2D eigenvalue weighted by atomic mass is 10.0. The van der Waals surface area contributed by atoms with Crippen molar-refractivity contribution in [3.05, 3.63) is 65.2 Å². The minimum absolute atomic E-state index is 0.0961. The SMILES string of the molecule is O=C(c1cc(-c2ccccc2Cl)nc2ccccc12)N1CCCCCC1. The Morgan fingerprint density at radius 3 is 2.38 bits per heavy atom. The zero-order chi connectivity index (χ0) is 17.9. The van der Waals surface area contributed by atoms with E-state index in [0.29, 0.717) is 10.6 Å². The van der Waals surface area contributed by atoms with Crippen molar-refractivity contribution in [1.29, 1.82) is 0 Å². The van der Waals surface area contributed by atoms with E-state index in [1.165, 1.54) is 12.8 Å². The highest BCUT2D eigenvalue weighted by Gasteiger charge is 2.21. The molecule has 26 heavy (non-hydrogen) atoms. The second-order valence-electron chi connectivity index (χ2n) is 6.76. The number of halogens is 1. The molecule has 0 radical (unpaired) electrons. The van der Waals surface area contributed by atoms with E-state index < -0.39 is 0 Å².